The van der Waals surface area contributed by atoms with Gasteiger partial charge >= 0.3 is 0 Å². The maximum absolute atomic E-state index is 13.1. The van der Waals surface area contributed by atoms with Gasteiger partial charge in [-0.3, -0.25) is 0 Å². The van der Waals surface area contributed by atoms with E-state index >= 15 is 0 Å². The molecule has 1 aromatic carbocycles. The zero-order valence-corrected chi connectivity index (χ0v) is 18.5. The molecule has 160 valence electrons. The van der Waals surface area contributed by atoms with Crippen LogP contribution in [0.2, 0.25) is 0 Å². The smallest absolute Gasteiger partial charge is 0.123 e. The van der Waals surface area contributed by atoms with E-state index < -0.39 is 0 Å². The van der Waals surface area contributed by atoms with Crippen LogP contribution in [0, 0.1) is 35.4 Å². The fourth-order valence-corrected chi connectivity index (χ4v) is 6.57. The van der Waals surface area contributed by atoms with Crippen LogP contribution in [-0.4, -0.2) is 0 Å². The van der Waals surface area contributed by atoms with Crippen LogP contribution in [-0.2, 0) is 0 Å². The highest BCUT2D eigenvalue weighted by Gasteiger charge is 2.30. The third-order valence-corrected chi connectivity index (χ3v) is 8.72. The van der Waals surface area contributed by atoms with Gasteiger partial charge in [0.25, 0.3) is 0 Å². The standard InChI is InChI=1S/C28H41F/c1-2-21-5-11-24(12-6-21)25-13-7-22(8-14-25)3-4-23-9-15-26(16-10-23)27-17-19-28(29)20-18-27/h3-4,17-26H,2,5-16H2,1H3. The van der Waals surface area contributed by atoms with E-state index in [4.69, 9.17) is 0 Å². The van der Waals surface area contributed by atoms with E-state index in [1.165, 1.54) is 89.0 Å². The van der Waals surface area contributed by atoms with Crippen molar-refractivity contribution in [2.45, 2.75) is 96.3 Å². The predicted molar refractivity (Wildman–Crippen MR) is 121 cm³/mol. The molecule has 0 nitrogen and oxygen atoms in total. The maximum Gasteiger partial charge on any atom is 0.123 e. The first-order valence-electron chi connectivity index (χ1n) is 12.6. The molecular formula is C28H41F. The fraction of sp³-hybridized carbons (Fsp3) is 0.714. The Morgan fingerprint density at radius 1 is 0.690 bits per heavy atom. The lowest BCUT2D eigenvalue weighted by atomic mass is 9.69. The minimum absolute atomic E-state index is 0.117. The molecule has 0 bridgehead atoms. The molecule has 3 aliphatic carbocycles. The molecule has 0 spiro atoms. The molecule has 0 amide bonds. The predicted octanol–water partition coefficient (Wildman–Crippen LogP) is 8.68. The minimum atomic E-state index is -0.117. The van der Waals surface area contributed by atoms with Gasteiger partial charge in [0.1, 0.15) is 5.82 Å². The molecule has 0 saturated heterocycles. The van der Waals surface area contributed by atoms with Crippen LogP contribution in [0.4, 0.5) is 4.39 Å². The normalized spacial score (nSPS) is 36.3. The monoisotopic (exact) mass is 396 g/mol. The van der Waals surface area contributed by atoms with E-state index in [1.807, 2.05) is 12.1 Å². The van der Waals surface area contributed by atoms with Crippen molar-refractivity contribution in [3.8, 4) is 0 Å². The van der Waals surface area contributed by atoms with E-state index in [9.17, 15) is 4.39 Å². The van der Waals surface area contributed by atoms with Crippen molar-refractivity contribution in [1.82, 2.24) is 0 Å². The third-order valence-electron chi connectivity index (χ3n) is 8.72. The van der Waals surface area contributed by atoms with Crippen molar-refractivity contribution in [1.29, 1.82) is 0 Å². The number of hydrogen-bond donors (Lipinski definition) is 0. The summed E-state index contributed by atoms with van der Waals surface area (Å²) in [5, 5.41) is 0. The van der Waals surface area contributed by atoms with Crippen molar-refractivity contribution in [2.75, 3.05) is 0 Å². The number of halogens is 1. The molecule has 3 fully saturated rings. The van der Waals surface area contributed by atoms with Crippen LogP contribution in [0.15, 0.2) is 36.4 Å². The van der Waals surface area contributed by atoms with Crippen molar-refractivity contribution in [3.63, 3.8) is 0 Å². The Kier molecular flexibility index (Phi) is 7.49. The van der Waals surface area contributed by atoms with E-state index in [0.29, 0.717) is 5.92 Å². The van der Waals surface area contributed by atoms with E-state index in [0.717, 1.165) is 29.6 Å². The third kappa shape index (κ3) is 5.74. The van der Waals surface area contributed by atoms with Gasteiger partial charge < -0.3 is 0 Å². The first-order chi connectivity index (χ1) is 14.2. The first-order valence-corrected chi connectivity index (χ1v) is 12.6. The first kappa shape index (κ1) is 21.1. The van der Waals surface area contributed by atoms with Crippen LogP contribution in [0.1, 0.15) is 102 Å². The molecule has 0 aliphatic heterocycles. The molecule has 0 N–H and O–H groups in total. The van der Waals surface area contributed by atoms with Crippen molar-refractivity contribution in [3.05, 3.63) is 47.8 Å². The summed E-state index contributed by atoms with van der Waals surface area (Å²) in [5.41, 5.74) is 1.33. The van der Waals surface area contributed by atoms with Gasteiger partial charge in [-0.1, -0.05) is 50.5 Å². The molecule has 3 aliphatic rings. The highest BCUT2D eigenvalue weighted by Crippen LogP contribution is 2.42. The Bertz CT molecular complexity index is 621. The Hall–Kier alpha value is -1.11. The van der Waals surface area contributed by atoms with Gasteiger partial charge in [0, 0.05) is 0 Å². The molecule has 1 heteroatoms. The van der Waals surface area contributed by atoms with Crippen molar-refractivity contribution < 1.29 is 4.39 Å². The summed E-state index contributed by atoms with van der Waals surface area (Å²) >= 11 is 0. The van der Waals surface area contributed by atoms with Gasteiger partial charge in [-0.25, -0.2) is 4.39 Å². The largest absolute Gasteiger partial charge is 0.207 e. The molecule has 0 atom stereocenters. The summed E-state index contributed by atoms with van der Waals surface area (Å²) < 4.78 is 13.1. The average Bonchev–Trinajstić information content (AvgIpc) is 2.79. The molecule has 0 unspecified atom stereocenters. The Morgan fingerprint density at radius 3 is 1.69 bits per heavy atom. The molecule has 4 rings (SSSR count). The lowest BCUT2D eigenvalue weighted by molar-refractivity contribution is 0.154. The van der Waals surface area contributed by atoms with Gasteiger partial charge in [0.2, 0.25) is 0 Å². The summed E-state index contributed by atoms with van der Waals surface area (Å²) in [4.78, 5) is 0. The second-order valence-corrected chi connectivity index (χ2v) is 10.4. The summed E-state index contributed by atoms with van der Waals surface area (Å²) in [6, 6.07) is 7.22. The van der Waals surface area contributed by atoms with Gasteiger partial charge in [0.15, 0.2) is 0 Å². The maximum atomic E-state index is 13.1. The van der Waals surface area contributed by atoms with Crippen LogP contribution in [0.25, 0.3) is 0 Å². The van der Waals surface area contributed by atoms with Crippen LogP contribution >= 0.6 is 0 Å². The lowest BCUT2D eigenvalue weighted by Gasteiger charge is -2.37. The average molecular weight is 397 g/mol. The van der Waals surface area contributed by atoms with Crippen LogP contribution < -0.4 is 0 Å². The summed E-state index contributed by atoms with van der Waals surface area (Å²) in [6.45, 7) is 2.37. The van der Waals surface area contributed by atoms with E-state index in [-0.39, 0.29) is 5.82 Å². The second-order valence-electron chi connectivity index (χ2n) is 10.4. The molecule has 29 heavy (non-hydrogen) atoms. The Balaban J connectivity index is 1.17. The molecule has 0 aromatic heterocycles. The lowest BCUT2D eigenvalue weighted by Crippen LogP contribution is -2.25. The van der Waals surface area contributed by atoms with Gasteiger partial charge in [-0.15, -0.1) is 0 Å². The number of rotatable bonds is 5. The Labute approximate surface area is 178 Å². The quantitative estimate of drug-likeness (QED) is 0.437. The minimum Gasteiger partial charge on any atom is -0.207 e. The summed E-state index contributed by atoms with van der Waals surface area (Å²) in [5.74, 6) is 5.24. The van der Waals surface area contributed by atoms with Crippen LogP contribution in [0.5, 0.6) is 0 Å². The SMILES string of the molecule is CCC1CCC(C2CCC(C=CC3CCC(c4ccc(F)cc4)CC3)CC2)CC1. The molecule has 3 saturated carbocycles. The molecule has 1 aromatic rings. The molecule has 0 heterocycles. The fourth-order valence-electron chi connectivity index (χ4n) is 6.57. The van der Waals surface area contributed by atoms with Gasteiger partial charge in [-0.05, 0) is 117 Å². The summed E-state index contributed by atoms with van der Waals surface area (Å²) in [6.07, 6.45) is 23.5. The van der Waals surface area contributed by atoms with Gasteiger partial charge in [-0.2, -0.15) is 0 Å². The number of benzene rings is 1. The number of hydrogen-bond acceptors (Lipinski definition) is 0. The van der Waals surface area contributed by atoms with E-state index in [2.05, 4.69) is 19.1 Å². The van der Waals surface area contributed by atoms with E-state index in [1.54, 1.807) is 12.1 Å². The highest BCUT2D eigenvalue weighted by atomic mass is 19.1. The number of allylic oxidation sites excluding steroid dienone is 2. The van der Waals surface area contributed by atoms with Crippen molar-refractivity contribution >= 4 is 0 Å². The zero-order valence-electron chi connectivity index (χ0n) is 18.5. The molecule has 0 radical (unpaired) electrons. The second kappa shape index (κ2) is 10.3. The highest BCUT2D eigenvalue weighted by molar-refractivity contribution is 5.21. The Morgan fingerprint density at radius 2 is 1.17 bits per heavy atom. The molecular weight excluding hydrogens is 355 g/mol. The van der Waals surface area contributed by atoms with Crippen LogP contribution in [0.3, 0.4) is 0 Å². The van der Waals surface area contributed by atoms with Gasteiger partial charge in [0.05, 0.1) is 0 Å². The van der Waals surface area contributed by atoms with Crippen molar-refractivity contribution in [2.24, 2.45) is 29.6 Å². The topological polar surface area (TPSA) is 0 Å². The summed E-state index contributed by atoms with van der Waals surface area (Å²) in [7, 11) is 0. The zero-order chi connectivity index (χ0) is 20.1.